The summed E-state index contributed by atoms with van der Waals surface area (Å²) in [5.41, 5.74) is 0.900. The van der Waals surface area contributed by atoms with Crippen molar-refractivity contribution in [3.05, 3.63) is 35.9 Å². The highest BCUT2D eigenvalue weighted by molar-refractivity contribution is 7.99. The van der Waals surface area contributed by atoms with E-state index >= 15 is 0 Å². The van der Waals surface area contributed by atoms with Gasteiger partial charge in [-0.05, 0) is 44.5 Å². The number of aromatic nitrogens is 3. The van der Waals surface area contributed by atoms with Crippen LogP contribution in [0.1, 0.15) is 26.3 Å². The van der Waals surface area contributed by atoms with E-state index in [1.807, 2.05) is 0 Å². The highest BCUT2D eigenvalue weighted by atomic mass is 32.2. The number of benzene rings is 1. The number of hydrogen-bond donors (Lipinski definition) is 2. The van der Waals surface area contributed by atoms with Gasteiger partial charge in [-0.3, -0.25) is 5.10 Å². The second-order valence-electron chi connectivity index (χ2n) is 5.25. The van der Waals surface area contributed by atoms with Crippen molar-refractivity contribution < 1.29 is 4.39 Å². The number of rotatable bonds is 4. The van der Waals surface area contributed by atoms with Crippen LogP contribution >= 0.6 is 11.8 Å². The predicted molar refractivity (Wildman–Crippen MR) is 73.5 cm³/mol. The maximum Gasteiger partial charge on any atom is 0.188 e. The van der Waals surface area contributed by atoms with E-state index in [2.05, 4.69) is 41.3 Å². The van der Waals surface area contributed by atoms with Gasteiger partial charge in [-0.15, -0.1) is 0 Å². The summed E-state index contributed by atoms with van der Waals surface area (Å²) in [5.74, 6) is -0.229. The van der Waals surface area contributed by atoms with Crippen molar-refractivity contribution >= 4 is 11.8 Å². The van der Waals surface area contributed by atoms with E-state index < -0.39 is 0 Å². The zero-order valence-electron chi connectivity index (χ0n) is 11.2. The minimum Gasteiger partial charge on any atom is -0.308 e. The molecule has 0 saturated carbocycles. The highest BCUT2D eigenvalue weighted by Gasteiger charge is 2.12. The van der Waals surface area contributed by atoms with Crippen LogP contribution in [0.4, 0.5) is 4.39 Å². The van der Waals surface area contributed by atoms with Gasteiger partial charge in [0.2, 0.25) is 0 Å². The van der Waals surface area contributed by atoms with Gasteiger partial charge in [0.05, 0.1) is 0 Å². The third kappa shape index (κ3) is 4.33. The molecule has 0 amide bonds. The summed E-state index contributed by atoms with van der Waals surface area (Å²) in [6.45, 7) is 6.85. The fraction of sp³-hybridized carbons (Fsp3) is 0.385. The molecule has 0 aliphatic carbocycles. The Bertz CT molecular complexity index is 534. The first kappa shape index (κ1) is 14.0. The molecule has 2 aromatic rings. The van der Waals surface area contributed by atoms with E-state index in [4.69, 9.17) is 0 Å². The van der Waals surface area contributed by atoms with Crippen LogP contribution in [0.15, 0.2) is 34.6 Å². The first-order valence-corrected chi connectivity index (χ1v) is 6.82. The lowest BCUT2D eigenvalue weighted by atomic mass is 10.1. The molecule has 1 heterocycles. The van der Waals surface area contributed by atoms with Gasteiger partial charge in [0.25, 0.3) is 0 Å². The normalized spacial score (nSPS) is 11.8. The molecule has 0 saturated heterocycles. The molecule has 6 heteroatoms. The topological polar surface area (TPSA) is 53.6 Å². The Morgan fingerprint density at radius 1 is 1.37 bits per heavy atom. The summed E-state index contributed by atoms with van der Waals surface area (Å²) in [6, 6.07) is 4.78. The smallest absolute Gasteiger partial charge is 0.188 e. The Kier molecular flexibility index (Phi) is 4.21. The average Bonchev–Trinajstić information content (AvgIpc) is 2.81. The number of halogens is 1. The Balaban J connectivity index is 2.18. The van der Waals surface area contributed by atoms with Gasteiger partial charge in [-0.2, -0.15) is 5.10 Å². The first-order chi connectivity index (χ1) is 8.94. The lowest BCUT2D eigenvalue weighted by Crippen LogP contribution is -2.35. The summed E-state index contributed by atoms with van der Waals surface area (Å²) in [5, 5.41) is 10.6. The van der Waals surface area contributed by atoms with E-state index in [0.29, 0.717) is 11.7 Å². The quantitative estimate of drug-likeness (QED) is 0.904. The second kappa shape index (κ2) is 5.71. The van der Waals surface area contributed by atoms with Crippen molar-refractivity contribution in [1.29, 1.82) is 0 Å². The van der Waals surface area contributed by atoms with Crippen LogP contribution in [0, 0.1) is 5.82 Å². The minimum atomic E-state index is -0.229. The molecule has 0 spiro atoms. The van der Waals surface area contributed by atoms with Gasteiger partial charge in [0, 0.05) is 17.0 Å². The van der Waals surface area contributed by atoms with Crippen LogP contribution in [0.3, 0.4) is 0 Å². The molecule has 1 aromatic heterocycles. The third-order valence-corrected chi connectivity index (χ3v) is 3.44. The van der Waals surface area contributed by atoms with Crippen molar-refractivity contribution in [3.8, 4) is 0 Å². The molecular weight excluding hydrogens is 263 g/mol. The average molecular weight is 280 g/mol. The second-order valence-corrected chi connectivity index (χ2v) is 6.28. The lowest BCUT2D eigenvalue weighted by molar-refractivity contribution is 0.422. The number of H-pyrrole nitrogens is 1. The SMILES string of the molecule is CC(C)(C)NCc1cc(F)ccc1Sc1ncn[nH]1. The zero-order valence-corrected chi connectivity index (χ0v) is 12.0. The molecule has 19 heavy (non-hydrogen) atoms. The molecule has 2 rings (SSSR count). The molecule has 0 aliphatic heterocycles. The van der Waals surface area contributed by atoms with Gasteiger partial charge in [0.15, 0.2) is 5.16 Å². The summed E-state index contributed by atoms with van der Waals surface area (Å²) >= 11 is 1.44. The van der Waals surface area contributed by atoms with Gasteiger partial charge in [-0.1, -0.05) is 11.8 Å². The molecule has 1 aromatic carbocycles. The van der Waals surface area contributed by atoms with E-state index in [1.54, 1.807) is 12.1 Å². The number of hydrogen-bond acceptors (Lipinski definition) is 4. The molecule has 0 radical (unpaired) electrons. The highest BCUT2D eigenvalue weighted by Crippen LogP contribution is 2.28. The monoisotopic (exact) mass is 280 g/mol. The molecule has 2 N–H and O–H groups in total. The van der Waals surface area contributed by atoms with Gasteiger partial charge >= 0.3 is 0 Å². The summed E-state index contributed by atoms with van der Waals surface area (Å²) in [7, 11) is 0. The van der Waals surface area contributed by atoms with Crippen molar-refractivity contribution in [3.63, 3.8) is 0 Å². The summed E-state index contributed by atoms with van der Waals surface area (Å²) in [4.78, 5) is 5.03. The van der Waals surface area contributed by atoms with Crippen molar-refractivity contribution in [1.82, 2.24) is 20.5 Å². The largest absolute Gasteiger partial charge is 0.308 e. The summed E-state index contributed by atoms with van der Waals surface area (Å²) in [6.07, 6.45) is 1.46. The summed E-state index contributed by atoms with van der Waals surface area (Å²) < 4.78 is 13.4. The molecule has 0 unspecified atom stereocenters. The predicted octanol–water partition coefficient (Wildman–Crippen LogP) is 2.98. The fourth-order valence-corrected chi connectivity index (χ4v) is 2.30. The van der Waals surface area contributed by atoms with E-state index in [-0.39, 0.29) is 11.4 Å². The van der Waals surface area contributed by atoms with Crippen LogP contribution < -0.4 is 5.32 Å². The Hall–Kier alpha value is -1.40. The van der Waals surface area contributed by atoms with Crippen LogP contribution in [0.5, 0.6) is 0 Å². The molecule has 102 valence electrons. The first-order valence-electron chi connectivity index (χ1n) is 6.01. The molecule has 0 atom stereocenters. The van der Waals surface area contributed by atoms with Crippen LogP contribution in [0.25, 0.3) is 0 Å². The lowest BCUT2D eigenvalue weighted by Gasteiger charge is -2.21. The maximum atomic E-state index is 13.4. The standard InChI is InChI=1S/C13H17FN4S/c1-13(2,3)16-7-9-6-10(14)4-5-11(9)19-12-15-8-17-18-12/h4-6,8,16H,7H2,1-3H3,(H,15,17,18). The van der Waals surface area contributed by atoms with Crippen molar-refractivity contribution in [2.45, 2.75) is 42.9 Å². The van der Waals surface area contributed by atoms with Gasteiger partial charge in [0.1, 0.15) is 12.1 Å². The van der Waals surface area contributed by atoms with Gasteiger partial charge in [-0.25, -0.2) is 9.37 Å². The minimum absolute atomic E-state index is 0.0134. The Labute approximate surface area is 116 Å². The number of nitrogens with zero attached hydrogens (tertiary/aromatic N) is 2. The fourth-order valence-electron chi connectivity index (χ4n) is 1.49. The van der Waals surface area contributed by atoms with E-state index in [0.717, 1.165) is 10.5 Å². The molecule has 0 aliphatic rings. The maximum absolute atomic E-state index is 13.4. The van der Waals surface area contributed by atoms with E-state index in [9.17, 15) is 4.39 Å². The number of aromatic amines is 1. The van der Waals surface area contributed by atoms with Crippen LogP contribution in [-0.2, 0) is 6.54 Å². The van der Waals surface area contributed by atoms with Crippen molar-refractivity contribution in [2.24, 2.45) is 0 Å². The number of nitrogens with one attached hydrogen (secondary N) is 2. The third-order valence-electron chi connectivity index (χ3n) is 2.43. The van der Waals surface area contributed by atoms with E-state index in [1.165, 1.54) is 24.2 Å². The Morgan fingerprint density at radius 2 is 2.16 bits per heavy atom. The van der Waals surface area contributed by atoms with Crippen LogP contribution in [0.2, 0.25) is 0 Å². The van der Waals surface area contributed by atoms with Crippen molar-refractivity contribution in [2.75, 3.05) is 0 Å². The molecule has 0 fully saturated rings. The zero-order chi connectivity index (χ0) is 13.9. The van der Waals surface area contributed by atoms with Gasteiger partial charge < -0.3 is 5.32 Å². The molecule has 0 bridgehead atoms. The molecule has 4 nitrogen and oxygen atoms in total. The van der Waals surface area contributed by atoms with Crippen LogP contribution in [-0.4, -0.2) is 20.7 Å². The molecular formula is C13H17FN4S. The Morgan fingerprint density at radius 3 is 2.79 bits per heavy atom.